The van der Waals surface area contributed by atoms with E-state index >= 15 is 0 Å². The lowest BCUT2D eigenvalue weighted by Gasteiger charge is -2.37. The van der Waals surface area contributed by atoms with Crippen LogP contribution in [0.25, 0.3) is 0 Å². The number of ether oxygens (including phenoxy) is 1. The van der Waals surface area contributed by atoms with Crippen molar-refractivity contribution in [2.75, 3.05) is 19.7 Å². The van der Waals surface area contributed by atoms with Crippen molar-refractivity contribution in [2.45, 2.75) is 76.8 Å². The summed E-state index contributed by atoms with van der Waals surface area (Å²) in [5.74, 6) is 1.69. The Balaban J connectivity index is 1.29. The van der Waals surface area contributed by atoms with Gasteiger partial charge in [-0.25, -0.2) is 0 Å². The summed E-state index contributed by atoms with van der Waals surface area (Å²) in [6.45, 7) is 5.68. The summed E-state index contributed by atoms with van der Waals surface area (Å²) in [6, 6.07) is 10.5. The molecular weight excluding hydrogens is 444 g/mol. The van der Waals surface area contributed by atoms with Crippen LogP contribution in [0.3, 0.4) is 0 Å². The molecule has 0 radical (unpaired) electrons. The Hall–Kier alpha value is -2.34. The fourth-order valence-corrected chi connectivity index (χ4v) is 6.34. The van der Waals surface area contributed by atoms with E-state index in [0.717, 1.165) is 50.7 Å². The first-order valence-electron chi connectivity index (χ1n) is 12.9. The highest BCUT2D eigenvalue weighted by Crippen LogP contribution is 2.36. The number of fused-ring (bicyclic) bond motifs is 1. The molecular formula is C28H36N2O3S. The maximum absolute atomic E-state index is 13.6. The second-order valence-electron chi connectivity index (χ2n) is 10.4. The van der Waals surface area contributed by atoms with Crippen molar-refractivity contribution in [1.29, 1.82) is 0 Å². The van der Waals surface area contributed by atoms with Gasteiger partial charge in [-0.3, -0.25) is 9.59 Å². The lowest BCUT2D eigenvalue weighted by atomic mass is 10.00. The Morgan fingerprint density at radius 2 is 1.82 bits per heavy atom. The predicted octanol–water partition coefficient (Wildman–Crippen LogP) is 5.56. The van der Waals surface area contributed by atoms with Gasteiger partial charge in [0.25, 0.3) is 0 Å². The van der Waals surface area contributed by atoms with E-state index in [4.69, 9.17) is 4.74 Å². The molecule has 182 valence electrons. The Kier molecular flexibility index (Phi) is 6.96. The van der Waals surface area contributed by atoms with Crippen LogP contribution < -0.4 is 4.74 Å². The van der Waals surface area contributed by atoms with E-state index < -0.39 is 0 Å². The molecule has 2 amide bonds. The minimum atomic E-state index is -0.116. The van der Waals surface area contributed by atoms with E-state index in [0.29, 0.717) is 19.1 Å². The van der Waals surface area contributed by atoms with Gasteiger partial charge in [0, 0.05) is 23.4 Å². The van der Waals surface area contributed by atoms with Crippen molar-refractivity contribution in [1.82, 2.24) is 9.80 Å². The van der Waals surface area contributed by atoms with E-state index in [9.17, 15) is 9.59 Å². The molecule has 1 atom stereocenters. The summed E-state index contributed by atoms with van der Waals surface area (Å²) in [6.07, 6.45) is 7.15. The average molecular weight is 481 g/mol. The Labute approximate surface area is 207 Å². The average Bonchev–Trinajstić information content (AvgIpc) is 3.32. The van der Waals surface area contributed by atoms with Crippen LogP contribution in [-0.2, 0) is 16.0 Å². The first-order valence-corrected chi connectivity index (χ1v) is 13.8. The van der Waals surface area contributed by atoms with Crippen LogP contribution in [-0.4, -0.2) is 47.4 Å². The summed E-state index contributed by atoms with van der Waals surface area (Å²) >= 11 is 1.76. The molecule has 3 aliphatic rings. The number of carbonyl (C=O) groups is 2. The van der Waals surface area contributed by atoms with Crippen LogP contribution in [0, 0.1) is 5.92 Å². The first-order chi connectivity index (χ1) is 16.5. The second-order valence-corrected chi connectivity index (χ2v) is 11.4. The summed E-state index contributed by atoms with van der Waals surface area (Å²) in [5, 5.41) is 2.11. The van der Waals surface area contributed by atoms with Crippen LogP contribution in [0.2, 0.25) is 0 Å². The van der Waals surface area contributed by atoms with E-state index in [1.165, 1.54) is 16.0 Å². The number of hydrogen-bond acceptors (Lipinski definition) is 4. The van der Waals surface area contributed by atoms with Crippen molar-refractivity contribution in [3.63, 3.8) is 0 Å². The van der Waals surface area contributed by atoms with Gasteiger partial charge in [0.15, 0.2) is 0 Å². The summed E-state index contributed by atoms with van der Waals surface area (Å²) in [7, 11) is 0. The molecule has 1 aromatic carbocycles. The molecule has 1 aromatic heterocycles. The molecule has 5 rings (SSSR count). The molecule has 5 nitrogen and oxygen atoms in total. The molecule has 0 unspecified atom stereocenters. The van der Waals surface area contributed by atoms with Gasteiger partial charge in [0.2, 0.25) is 11.8 Å². The minimum Gasteiger partial charge on any atom is -0.491 e. The lowest BCUT2D eigenvalue weighted by molar-refractivity contribution is -0.145. The predicted molar refractivity (Wildman–Crippen MR) is 135 cm³/mol. The first kappa shape index (κ1) is 23.4. The number of benzene rings is 1. The highest BCUT2D eigenvalue weighted by atomic mass is 32.1. The molecule has 1 aliphatic heterocycles. The minimum absolute atomic E-state index is 0.0545. The third kappa shape index (κ3) is 5.02. The topological polar surface area (TPSA) is 49.9 Å². The van der Waals surface area contributed by atoms with Crippen molar-refractivity contribution in [3.05, 3.63) is 51.7 Å². The van der Waals surface area contributed by atoms with Crippen molar-refractivity contribution in [2.24, 2.45) is 5.92 Å². The van der Waals surface area contributed by atoms with E-state index in [2.05, 4.69) is 37.4 Å². The molecule has 0 saturated heterocycles. The van der Waals surface area contributed by atoms with Gasteiger partial charge in [-0.1, -0.05) is 38.8 Å². The fourth-order valence-electron chi connectivity index (χ4n) is 5.42. The van der Waals surface area contributed by atoms with Gasteiger partial charge in [-0.2, -0.15) is 0 Å². The molecule has 2 aliphatic carbocycles. The zero-order valence-electron chi connectivity index (χ0n) is 20.4. The van der Waals surface area contributed by atoms with Crippen LogP contribution in [0.4, 0.5) is 0 Å². The van der Waals surface area contributed by atoms with Gasteiger partial charge in [-0.05, 0) is 72.7 Å². The molecule has 2 fully saturated rings. The molecule has 34 heavy (non-hydrogen) atoms. The van der Waals surface area contributed by atoms with Gasteiger partial charge in [0.05, 0.1) is 6.04 Å². The van der Waals surface area contributed by atoms with E-state index in [-0.39, 0.29) is 36.4 Å². The Morgan fingerprint density at radius 3 is 2.50 bits per heavy atom. The maximum atomic E-state index is 13.6. The van der Waals surface area contributed by atoms with Gasteiger partial charge >= 0.3 is 0 Å². The SMILES string of the molecule is CC(C)c1ccc(OC[C@@H]2c3ccsc3CCN2C(=O)CN(C(=O)C2CCCC2)C2CC2)cc1. The third-order valence-electron chi connectivity index (χ3n) is 7.65. The van der Waals surface area contributed by atoms with E-state index in [1.54, 1.807) is 11.3 Å². The van der Waals surface area contributed by atoms with Gasteiger partial charge in [-0.15, -0.1) is 11.3 Å². The zero-order chi connectivity index (χ0) is 23.7. The van der Waals surface area contributed by atoms with Gasteiger partial charge < -0.3 is 14.5 Å². The van der Waals surface area contributed by atoms with Crippen LogP contribution in [0.1, 0.15) is 80.3 Å². The summed E-state index contributed by atoms with van der Waals surface area (Å²) in [4.78, 5) is 32.0. The smallest absolute Gasteiger partial charge is 0.242 e. The summed E-state index contributed by atoms with van der Waals surface area (Å²) < 4.78 is 6.21. The molecule has 2 saturated carbocycles. The van der Waals surface area contributed by atoms with Crippen molar-refractivity contribution in [3.8, 4) is 5.75 Å². The second kappa shape index (κ2) is 10.1. The number of nitrogens with zero attached hydrogens (tertiary/aromatic N) is 2. The standard InChI is InChI=1S/C28H36N2O3S/c1-19(2)20-7-11-23(12-8-20)33-18-25-24-14-16-34-26(24)13-15-29(25)27(31)17-30(22-9-10-22)28(32)21-5-3-4-6-21/h7-8,11-12,14,16,19,21-22,25H,3-6,9-10,13,15,17-18H2,1-2H3/t25-/m1/s1. The number of rotatable bonds is 8. The molecule has 6 heteroatoms. The van der Waals surface area contributed by atoms with Crippen LogP contribution in [0.15, 0.2) is 35.7 Å². The molecule has 0 N–H and O–H groups in total. The van der Waals surface area contributed by atoms with Crippen molar-refractivity contribution >= 4 is 23.2 Å². The highest BCUT2D eigenvalue weighted by Gasteiger charge is 2.40. The normalized spacial score (nSPS) is 20.4. The van der Waals surface area contributed by atoms with Crippen LogP contribution >= 0.6 is 11.3 Å². The summed E-state index contributed by atoms with van der Waals surface area (Å²) in [5.41, 5.74) is 2.48. The lowest BCUT2D eigenvalue weighted by Crippen LogP contribution is -2.49. The maximum Gasteiger partial charge on any atom is 0.242 e. The van der Waals surface area contributed by atoms with Crippen molar-refractivity contribution < 1.29 is 14.3 Å². The largest absolute Gasteiger partial charge is 0.491 e. The molecule has 2 heterocycles. The molecule has 2 aromatic rings. The monoisotopic (exact) mass is 480 g/mol. The molecule has 0 bridgehead atoms. The number of carbonyl (C=O) groups excluding carboxylic acids is 2. The third-order valence-corrected chi connectivity index (χ3v) is 8.65. The number of amides is 2. The van der Waals surface area contributed by atoms with E-state index in [1.807, 2.05) is 21.9 Å². The quantitative estimate of drug-likeness (QED) is 0.497. The van der Waals surface area contributed by atoms with Crippen LogP contribution in [0.5, 0.6) is 5.75 Å². The fraction of sp³-hybridized carbons (Fsp3) is 0.571. The Bertz CT molecular complexity index is 1000. The number of hydrogen-bond donors (Lipinski definition) is 0. The molecule has 0 spiro atoms. The highest BCUT2D eigenvalue weighted by molar-refractivity contribution is 7.10. The zero-order valence-corrected chi connectivity index (χ0v) is 21.2. The van der Waals surface area contributed by atoms with Gasteiger partial charge in [0.1, 0.15) is 18.9 Å². The Morgan fingerprint density at radius 1 is 1.09 bits per heavy atom. The number of thiophene rings is 1.